The fourth-order valence-electron chi connectivity index (χ4n) is 1.87. The molecule has 0 fully saturated rings. The average Bonchev–Trinajstić information content (AvgIpc) is 2.43. The summed E-state index contributed by atoms with van der Waals surface area (Å²) in [5.41, 5.74) is 2.17. The van der Waals surface area contributed by atoms with Crippen LogP contribution in [0.25, 0.3) is 0 Å². The van der Waals surface area contributed by atoms with Crippen LogP contribution in [0.15, 0.2) is 53.7 Å². The van der Waals surface area contributed by atoms with E-state index in [-0.39, 0.29) is 5.91 Å². The molecular weight excluding hydrogens is 276 g/mol. The van der Waals surface area contributed by atoms with Crippen LogP contribution in [0.4, 0.5) is 5.69 Å². The van der Waals surface area contributed by atoms with E-state index >= 15 is 0 Å². The fraction of sp³-hybridized carbons (Fsp3) is 0.0667. The Hall–Kier alpha value is -2.33. The molecule has 2 N–H and O–H groups in total. The fourth-order valence-corrected chi connectivity index (χ4v) is 2.05. The molecule has 0 unspecified atom stereocenters. The van der Waals surface area contributed by atoms with Crippen LogP contribution in [-0.2, 0) is 4.79 Å². The minimum atomic E-state index is -0.209. The largest absolute Gasteiger partial charge is 0.410 e. The molecule has 0 bridgehead atoms. The van der Waals surface area contributed by atoms with Crippen LogP contribution in [0.3, 0.4) is 0 Å². The summed E-state index contributed by atoms with van der Waals surface area (Å²) in [6.45, 7) is 1.41. The maximum atomic E-state index is 11.3. The number of hydrogen-bond donors (Lipinski definition) is 2. The number of nitrogens with one attached hydrogen (secondary N) is 1. The Morgan fingerprint density at radius 2 is 1.90 bits per heavy atom. The lowest BCUT2D eigenvalue weighted by atomic mass is 10.0. The maximum Gasteiger partial charge on any atom is 0.221 e. The number of carbonyl (C=O) groups excluding carboxylic acids is 1. The minimum Gasteiger partial charge on any atom is -0.410 e. The molecular formula is C15H13ClN2O2. The van der Waals surface area contributed by atoms with Gasteiger partial charge in [0.05, 0.1) is 5.69 Å². The van der Waals surface area contributed by atoms with Crippen molar-refractivity contribution in [3.8, 4) is 0 Å². The molecule has 1 amide bonds. The summed E-state index contributed by atoms with van der Waals surface area (Å²) in [6.07, 6.45) is 0. The van der Waals surface area contributed by atoms with Gasteiger partial charge < -0.3 is 10.5 Å². The van der Waals surface area contributed by atoms with Gasteiger partial charge in [-0.2, -0.15) is 0 Å². The van der Waals surface area contributed by atoms with Crippen molar-refractivity contribution in [2.75, 3.05) is 5.32 Å². The quantitative estimate of drug-likeness (QED) is 0.516. The summed E-state index contributed by atoms with van der Waals surface area (Å²) in [6, 6.07) is 14.1. The molecule has 0 radical (unpaired) electrons. The number of hydrogen-bond acceptors (Lipinski definition) is 3. The Morgan fingerprint density at radius 3 is 2.50 bits per heavy atom. The molecule has 20 heavy (non-hydrogen) atoms. The van der Waals surface area contributed by atoms with Gasteiger partial charge in [0, 0.05) is 23.1 Å². The molecule has 5 heteroatoms. The number of amides is 1. The van der Waals surface area contributed by atoms with Crippen LogP contribution in [0, 0.1) is 0 Å². The Kier molecular flexibility index (Phi) is 4.38. The van der Waals surface area contributed by atoms with Crippen LogP contribution in [0.5, 0.6) is 0 Å². The summed E-state index contributed by atoms with van der Waals surface area (Å²) in [5.74, 6) is -0.209. The Labute approximate surface area is 121 Å². The number of rotatable bonds is 3. The smallest absolute Gasteiger partial charge is 0.221 e. The van der Waals surface area contributed by atoms with Gasteiger partial charge in [0.15, 0.2) is 0 Å². The van der Waals surface area contributed by atoms with E-state index in [0.29, 0.717) is 22.0 Å². The average molecular weight is 289 g/mol. The van der Waals surface area contributed by atoms with Gasteiger partial charge in [-0.1, -0.05) is 47.1 Å². The molecule has 0 aliphatic carbocycles. The lowest BCUT2D eigenvalue weighted by Gasteiger charge is -2.12. The molecule has 4 nitrogen and oxygen atoms in total. The van der Waals surface area contributed by atoms with Crippen molar-refractivity contribution >= 4 is 28.9 Å². The Balaban J connectivity index is 2.54. The zero-order chi connectivity index (χ0) is 14.5. The van der Waals surface area contributed by atoms with Gasteiger partial charge in [-0.05, 0) is 18.2 Å². The van der Waals surface area contributed by atoms with Gasteiger partial charge in [0.25, 0.3) is 0 Å². The van der Waals surface area contributed by atoms with Gasteiger partial charge in [0.1, 0.15) is 5.71 Å². The summed E-state index contributed by atoms with van der Waals surface area (Å²) in [4.78, 5) is 11.3. The summed E-state index contributed by atoms with van der Waals surface area (Å²) in [5, 5.41) is 15.8. The molecule has 0 aliphatic rings. The maximum absolute atomic E-state index is 11.3. The summed E-state index contributed by atoms with van der Waals surface area (Å²) < 4.78 is 0. The molecule has 0 aliphatic heterocycles. The molecule has 2 rings (SSSR count). The molecule has 0 atom stereocenters. The lowest BCUT2D eigenvalue weighted by Crippen LogP contribution is -2.12. The molecule has 2 aromatic rings. The molecule has 0 saturated heterocycles. The van der Waals surface area contributed by atoms with Gasteiger partial charge in [-0.3, -0.25) is 4.79 Å². The van der Waals surface area contributed by atoms with E-state index < -0.39 is 0 Å². The number of carbonyl (C=O) groups is 1. The van der Waals surface area contributed by atoms with Crippen LogP contribution in [0.2, 0.25) is 5.02 Å². The minimum absolute atomic E-state index is 0.209. The SMILES string of the molecule is CC(=O)Nc1ccc(Cl)cc1C(=NO)c1ccccc1. The van der Waals surface area contributed by atoms with Crippen molar-refractivity contribution in [3.63, 3.8) is 0 Å². The van der Waals surface area contributed by atoms with Gasteiger partial charge in [-0.15, -0.1) is 0 Å². The highest BCUT2D eigenvalue weighted by atomic mass is 35.5. The molecule has 2 aromatic carbocycles. The molecule has 102 valence electrons. The van der Waals surface area contributed by atoms with Crippen molar-refractivity contribution in [3.05, 3.63) is 64.7 Å². The van der Waals surface area contributed by atoms with Crippen molar-refractivity contribution in [2.24, 2.45) is 5.16 Å². The molecule has 0 heterocycles. The Bertz CT molecular complexity index is 654. The van der Waals surface area contributed by atoms with E-state index in [1.54, 1.807) is 18.2 Å². The number of nitrogens with zero attached hydrogens (tertiary/aromatic N) is 1. The topological polar surface area (TPSA) is 61.7 Å². The van der Waals surface area contributed by atoms with Crippen LogP contribution >= 0.6 is 11.6 Å². The third kappa shape index (κ3) is 3.16. The first-order chi connectivity index (χ1) is 9.61. The first-order valence-electron chi connectivity index (χ1n) is 5.97. The predicted molar refractivity (Wildman–Crippen MR) is 79.6 cm³/mol. The van der Waals surface area contributed by atoms with E-state index in [9.17, 15) is 10.0 Å². The van der Waals surface area contributed by atoms with Gasteiger partial charge in [-0.25, -0.2) is 0 Å². The van der Waals surface area contributed by atoms with E-state index in [1.165, 1.54) is 6.92 Å². The second-order valence-electron chi connectivity index (χ2n) is 4.19. The van der Waals surface area contributed by atoms with Crippen LogP contribution in [-0.4, -0.2) is 16.8 Å². The third-order valence-electron chi connectivity index (χ3n) is 2.69. The van der Waals surface area contributed by atoms with E-state index in [0.717, 1.165) is 5.56 Å². The second kappa shape index (κ2) is 6.21. The van der Waals surface area contributed by atoms with E-state index in [1.807, 2.05) is 30.3 Å². The number of oxime groups is 1. The first kappa shape index (κ1) is 14.1. The highest BCUT2D eigenvalue weighted by molar-refractivity contribution is 6.31. The van der Waals surface area contributed by atoms with Gasteiger partial charge >= 0.3 is 0 Å². The normalized spacial score (nSPS) is 11.2. The third-order valence-corrected chi connectivity index (χ3v) is 2.93. The molecule has 0 aromatic heterocycles. The van der Waals surface area contributed by atoms with E-state index in [2.05, 4.69) is 10.5 Å². The monoisotopic (exact) mass is 288 g/mol. The first-order valence-corrected chi connectivity index (χ1v) is 6.34. The van der Waals surface area contributed by atoms with Gasteiger partial charge in [0.2, 0.25) is 5.91 Å². The summed E-state index contributed by atoms with van der Waals surface area (Å²) >= 11 is 5.99. The van der Waals surface area contributed by atoms with Crippen molar-refractivity contribution in [1.29, 1.82) is 0 Å². The predicted octanol–water partition coefficient (Wildman–Crippen LogP) is 3.53. The molecule has 0 saturated carbocycles. The Morgan fingerprint density at radius 1 is 1.20 bits per heavy atom. The summed E-state index contributed by atoms with van der Waals surface area (Å²) in [7, 11) is 0. The highest BCUT2D eigenvalue weighted by Crippen LogP contribution is 2.24. The van der Waals surface area contributed by atoms with Crippen molar-refractivity contribution in [1.82, 2.24) is 0 Å². The van der Waals surface area contributed by atoms with Crippen molar-refractivity contribution < 1.29 is 10.0 Å². The van der Waals surface area contributed by atoms with Crippen LogP contribution in [0.1, 0.15) is 18.1 Å². The molecule has 0 spiro atoms. The highest BCUT2D eigenvalue weighted by Gasteiger charge is 2.14. The standard InChI is InChI=1S/C15H13ClN2O2/c1-10(19)17-14-8-7-12(16)9-13(14)15(18-20)11-5-3-2-4-6-11/h2-9,20H,1H3,(H,17,19). The lowest BCUT2D eigenvalue weighted by molar-refractivity contribution is -0.114. The second-order valence-corrected chi connectivity index (χ2v) is 4.62. The number of benzene rings is 2. The number of anilines is 1. The van der Waals surface area contributed by atoms with Crippen molar-refractivity contribution in [2.45, 2.75) is 6.92 Å². The van der Waals surface area contributed by atoms with Crippen LogP contribution < -0.4 is 5.32 Å². The zero-order valence-electron chi connectivity index (χ0n) is 10.8. The zero-order valence-corrected chi connectivity index (χ0v) is 11.6. The number of halogens is 1. The van der Waals surface area contributed by atoms with E-state index in [4.69, 9.17) is 11.6 Å².